The van der Waals surface area contributed by atoms with Gasteiger partial charge in [-0.15, -0.1) is 0 Å². The van der Waals surface area contributed by atoms with Crippen LogP contribution >= 0.6 is 0 Å². The van der Waals surface area contributed by atoms with E-state index in [4.69, 9.17) is 5.11 Å². The van der Waals surface area contributed by atoms with Gasteiger partial charge >= 0.3 is 0 Å². The van der Waals surface area contributed by atoms with Crippen molar-refractivity contribution in [3.8, 4) is 11.8 Å². The third-order valence-electron chi connectivity index (χ3n) is 3.26. The summed E-state index contributed by atoms with van der Waals surface area (Å²) in [4.78, 5) is 6.11. The van der Waals surface area contributed by atoms with Crippen molar-refractivity contribution in [3.63, 3.8) is 0 Å². The predicted octanol–water partition coefficient (Wildman–Crippen LogP) is -0.202. The molecule has 1 aromatic rings. The lowest BCUT2D eigenvalue weighted by atomic mass is 10.3. The van der Waals surface area contributed by atoms with E-state index in [1.165, 1.54) is 31.3 Å². The molecule has 6 nitrogen and oxygen atoms in total. The van der Waals surface area contributed by atoms with Crippen LogP contribution in [0.1, 0.15) is 18.4 Å². The van der Waals surface area contributed by atoms with Gasteiger partial charge in [0.2, 0.25) is 10.0 Å². The molecule has 114 valence electrons. The summed E-state index contributed by atoms with van der Waals surface area (Å²) in [5, 5.41) is 8.65. The molecule has 1 heterocycles. The topological polar surface area (TPSA) is 82.5 Å². The molecule has 1 fully saturated rings. The summed E-state index contributed by atoms with van der Waals surface area (Å²) in [7, 11) is -1.58. The number of likely N-dealkylation sites (N-methyl/N-ethyl adjacent to an activating group) is 1. The molecule has 0 unspecified atom stereocenters. The van der Waals surface area contributed by atoms with E-state index in [-0.39, 0.29) is 11.5 Å². The molecule has 2 N–H and O–H groups in total. The normalized spacial score (nSPS) is 14.8. The average Bonchev–Trinajstić information content (AvgIpc) is 3.30. The maximum Gasteiger partial charge on any atom is 0.242 e. The Bertz CT molecular complexity index is 645. The first kappa shape index (κ1) is 15.9. The Balaban J connectivity index is 1.97. The number of nitrogens with zero attached hydrogens (tertiary/aromatic N) is 2. The number of aromatic nitrogens is 1. The molecule has 0 aliphatic heterocycles. The number of aliphatic hydroxyl groups is 1. The van der Waals surface area contributed by atoms with Gasteiger partial charge < -0.3 is 10.0 Å². The highest BCUT2D eigenvalue weighted by Gasteiger charge is 2.25. The second-order valence-electron chi connectivity index (χ2n) is 4.98. The zero-order valence-electron chi connectivity index (χ0n) is 11.9. The SMILES string of the molecule is CN(CCNS(=O)(=O)c1cncc(C#CCO)c1)C1CC1. The molecule has 7 heteroatoms. The number of rotatable bonds is 6. The Morgan fingerprint density at radius 1 is 1.48 bits per heavy atom. The summed E-state index contributed by atoms with van der Waals surface area (Å²) in [6.45, 7) is 0.770. The minimum absolute atomic E-state index is 0.0846. The smallest absolute Gasteiger partial charge is 0.242 e. The summed E-state index contributed by atoms with van der Waals surface area (Å²) in [5.74, 6) is 5.11. The highest BCUT2D eigenvalue weighted by molar-refractivity contribution is 7.89. The number of nitrogens with one attached hydrogen (secondary N) is 1. The van der Waals surface area contributed by atoms with E-state index in [0.717, 1.165) is 0 Å². The van der Waals surface area contributed by atoms with Crippen LogP contribution in [-0.2, 0) is 10.0 Å². The number of sulfonamides is 1. The highest BCUT2D eigenvalue weighted by atomic mass is 32.2. The first-order valence-electron chi connectivity index (χ1n) is 6.77. The second kappa shape index (κ2) is 7.00. The molecule has 0 amide bonds. The quantitative estimate of drug-likeness (QED) is 0.711. The summed E-state index contributed by atoms with van der Waals surface area (Å²) in [5.41, 5.74) is 0.460. The molecule has 1 aliphatic rings. The Kier molecular flexibility index (Phi) is 5.31. The lowest BCUT2D eigenvalue weighted by Gasteiger charge is -2.15. The minimum atomic E-state index is -3.58. The van der Waals surface area contributed by atoms with Crippen molar-refractivity contribution in [2.24, 2.45) is 0 Å². The first-order valence-corrected chi connectivity index (χ1v) is 8.26. The van der Waals surface area contributed by atoms with Gasteiger partial charge in [0.1, 0.15) is 11.5 Å². The van der Waals surface area contributed by atoms with E-state index < -0.39 is 10.0 Å². The van der Waals surface area contributed by atoms with E-state index in [1.807, 2.05) is 7.05 Å². The Morgan fingerprint density at radius 2 is 2.24 bits per heavy atom. The lowest BCUT2D eigenvalue weighted by Crippen LogP contribution is -2.34. The second-order valence-corrected chi connectivity index (χ2v) is 6.75. The van der Waals surface area contributed by atoms with Crippen LogP contribution < -0.4 is 4.72 Å². The molecule has 2 rings (SSSR count). The highest BCUT2D eigenvalue weighted by Crippen LogP contribution is 2.24. The van der Waals surface area contributed by atoms with Crippen LogP contribution in [0.3, 0.4) is 0 Å². The lowest BCUT2D eigenvalue weighted by molar-refractivity contribution is 0.329. The van der Waals surface area contributed by atoms with Crippen LogP contribution in [0, 0.1) is 11.8 Å². The number of hydrogen-bond acceptors (Lipinski definition) is 5. The van der Waals surface area contributed by atoms with E-state index in [1.54, 1.807) is 0 Å². The minimum Gasteiger partial charge on any atom is -0.384 e. The van der Waals surface area contributed by atoms with Crippen molar-refractivity contribution in [3.05, 3.63) is 24.0 Å². The van der Waals surface area contributed by atoms with Gasteiger partial charge in [-0.05, 0) is 26.0 Å². The van der Waals surface area contributed by atoms with Crippen LogP contribution in [0.5, 0.6) is 0 Å². The summed E-state index contributed by atoms with van der Waals surface area (Å²) in [6, 6.07) is 2.05. The molecule has 0 spiro atoms. The van der Waals surface area contributed by atoms with E-state index in [0.29, 0.717) is 24.7 Å². The standard InChI is InChI=1S/C14H19N3O3S/c1-17(13-4-5-13)7-6-16-21(19,20)14-9-12(3-2-8-18)10-15-11-14/h9-11,13,16,18H,4-8H2,1H3. The molecule has 0 saturated heterocycles. The third-order valence-corrected chi connectivity index (χ3v) is 4.69. The van der Waals surface area contributed by atoms with Gasteiger partial charge in [-0.1, -0.05) is 11.8 Å². The fourth-order valence-electron chi connectivity index (χ4n) is 1.91. The van der Waals surface area contributed by atoms with Gasteiger partial charge in [-0.3, -0.25) is 4.98 Å². The maximum atomic E-state index is 12.2. The predicted molar refractivity (Wildman–Crippen MR) is 79.0 cm³/mol. The van der Waals surface area contributed by atoms with Crippen molar-refractivity contribution in [1.82, 2.24) is 14.6 Å². The monoisotopic (exact) mass is 309 g/mol. The molecule has 0 aromatic carbocycles. The van der Waals surface area contributed by atoms with Crippen LogP contribution in [0.15, 0.2) is 23.4 Å². The van der Waals surface area contributed by atoms with Crippen molar-refractivity contribution < 1.29 is 13.5 Å². The molecule has 0 bridgehead atoms. The van der Waals surface area contributed by atoms with Gasteiger partial charge in [0.05, 0.1) is 0 Å². The molecule has 21 heavy (non-hydrogen) atoms. The van der Waals surface area contributed by atoms with Crippen LogP contribution in [0.25, 0.3) is 0 Å². The van der Waals surface area contributed by atoms with E-state index in [2.05, 4.69) is 26.4 Å². The summed E-state index contributed by atoms with van der Waals surface area (Å²) < 4.78 is 26.9. The largest absolute Gasteiger partial charge is 0.384 e. The number of pyridine rings is 1. The van der Waals surface area contributed by atoms with Crippen LogP contribution in [0.4, 0.5) is 0 Å². The molecular weight excluding hydrogens is 290 g/mol. The van der Waals surface area contributed by atoms with Gasteiger partial charge in [0, 0.05) is 37.1 Å². The zero-order valence-corrected chi connectivity index (χ0v) is 12.7. The van der Waals surface area contributed by atoms with Gasteiger partial charge in [0.25, 0.3) is 0 Å². The summed E-state index contributed by atoms with van der Waals surface area (Å²) >= 11 is 0. The van der Waals surface area contributed by atoms with Gasteiger partial charge in [-0.2, -0.15) is 0 Å². The van der Waals surface area contributed by atoms with Crippen molar-refractivity contribution in [2.75, 3.05) is 26.7 Å². The molecule has 1 saturated carbocycles. The van der Waals surface area contributed by atoms with Crippen LogP contribution in [-0.4, -0.2) is 56.2 Å². The van der Waals surface area contributed by atoms with E-state index >= 15 is 0 Å². The van der Waals surface area contributed by atoms with Crippen molar-refractivity contribution in [1.29, 1.82) is 0 Å². The molecule has 1 aromatic heterocycles. The Morgan fingerprint density at radius 3 is 2.90 bits per heavy atom. The van der Waals surface area contributed by atoms with Gasteiger partial charge in [0.15, 0.2) is 0 Å². The molecular formula is C14H19N3O3S. The molecule has 0 radical (unpaired) electrons. The Labute approximate surface area is 125 Å². The molecule has 1 aliphatic carbocycles. The first-order chi connectivity index (χ1) is 10.0. The van der Waals surface area contributed by atoms with E-state index in [9.17, 15) is 8.42 Å². The number of hydrogen-bond donors (Lipinski definition) is 2. The summed E-state index contributed by atoms with van der Waals surface area (Å²) in [6.07, 6.45) is 5.14. The van der Waals surface area contributed by atoms with Crippen molar-refractivity contribution in [2.45, 2.75) is 23.8 Å². The Hall–Kier alpha value is -1.46. The number of aliphatic hydroxyl groups excluding tert-OH is 1. The average molecular weight is 309 g/mol. The zero-order chi connectivity index (χ0) is 15.3. The molecule has 0 atom stereocenters. The van der Waals surface area contributed by atoms with Gasteiger partial charge in [-0.25, -0.2) is 13.1 Å². The van der Waals surface area contributed by atoms with Crippen molar-refractivity contribution >= 4 is 10.0 Å². The fourth-order valence-corrected chi connectivity index (χ4v) is 2.92. The fraction of sp³-hybridized carbons (Fsp3) is 0.500. The third kappa shape index (κ3) is 4.79. The van der Waals surface area contributed by atoms with Crippen LogP contribution in [0.2, 0.25) is 0 Å². The maximum absolute atomic E-state index is 12.2.